The Bertz CT molecular complexity index is 1380. The minimum atomic E-state index is -3.79. The number of nitrogens with two attached hydrogens (primary N) is 1. The largest absolute Gasteiger partial charge is 0.444 e. The highest BCUT2D eigenvalue weighted by molar-refractivity contribution is 7.91. The summed E-state index contributed by atoms with van der Waals surface area (Å²) in [4.78, 5) is 25.7. The zero-order chi connectivity index (χ0) is 28.1. The number of aliphatic hydroxyl groups excluding tert-OH is 1. The normalized spacial score (nSPS) is 12.6. The Balaban J connectivity index is 1.74. The van der Waals surface area contributed by atoms with Crippen LogP contribution in [0.2, 0.25) is 5.02 Å². The first-order valence-corrected chi connectivity index (χ1v) is 13.8. The number of amides is 2. The van der Waals surface area contributed by atoms with E-state index in [0.29, 0.717) is 17.0 Å². The minimum absolute atomic E-state index is 0.0109. The van der Waals surface area contributed by atoms with Gasteiger partial charge < -0.3 is 20.5 Å². The first-order valence-electron chi connectivity index (χ1n) is 11.9. The van der Waals surface area contributed by atoms with Gasteiger partial charge in [-0.3, -0.25) is 4.79 Å². The maximum atomic E-state index is 13.0. The summed E-state index contributed by atoms with van der Waals surface area (Å²) in [7, 11) is -3.79. The Hall–Kier alpha value is -3.40. The maximum Gasteiger partial charge on any atom is 0.410 e. The summed E-state index contributed by atoms with van der Waals surface area (Å²) >= 11 is 6.04. The van der Waals surface area contributed by atoms with E-state index in [4.69, 9.17) is 22.1 Å². The molecule has 0 fully saturated rings. The second-order valence-corrected chi connectivity index (χ2v) is 12.2. The van der Waals surface area contributed by atoms with Gasteiger partial charge in [0, 0.05) is 17.1 Å². The number of hydrogen-bond donors (Lipinski definition) is 2. The molecular weight excluding hydrogens is 528 g/mol. The third kappa shape index (κ3) is 7.80. The van der Waals surface area contributed by atoms with E-state index in [0.717, 1.165) is 5.56 Å². The Kier molecular flexibility index (Phi) is 9.19. The third-order valence-electron chi connectivity index (χ3n) is 5.63. The van der Waals surface area contributed by atoms with Gasteiger partial charge in [-0.1, -0.05) is 35.9 Å². The molecule has 38 heavy (non-hydrogen) atoms. The predicted octanol–water partition coefficient (Wildman–Crippen LogP) is 4.78. The van der Waals surface area contributed by atoms with E-state index >= 15 is 0 Å². The third-order valence-corrected chi connectivity index (χ3v) is 7.65. The maximum absolute atomic E-state index is 13.0. The zero-order valence-electron chi connectivity index (χ0n) is 21.4. The van der Waals surface area contributed by atoms with Crippen LogP contribution in [0.1, 0.15) is 48.4 Å². The van der Waals surface area contributed by atoms with Crippen molar-refractivity contribution in [2.24, 2.45) is 5.73 Å². The lowest BCUT2D eigenvalue weighted by Gasteiger charge is -2.29. The Morgan fingerprint density at radius 2 is 1.58 bits per heavy atom. The molecule has 3 aromatic carbocycles. The van der Waals surface area contributed by atoms with Gasteiger partial charge in [0.1, 0.15) is 5.60 Å². The number of hydrogen-bond acceptors (Lipinski definition) is 6. The number of sulfone groups is 1. The van der Waals surface area contributed by atoms with Crippen LogP contribution in [-0.2, 0) is 21.0 Å². The molecule has 10 heteroatoms. The summed E-state index contributed by atoms with van der Waals surface area (Å²) in [5, 5.41) is 11.2. The Morgan fingerprint density at radius 1 is 1.00 bits per heavy atom. The van der Waals surface area contributed by atoms with Gasteiger partial charge in [0.2, 0.25) is 15.7 Å². The molecule has 3 rings (SSSR count). The molecule has 2 amide bonds. The van der Waals surface area contributed by atoms with Gasteiger partial charge in [-0.2, -0.15) is 0 Å². The van der Waals surface area contributed by atoms with Crippen molar-refractivity contribution in [3.8, 4) is 0 Å². The van der Waals surface area contributed by atoms with Crippen LogP contribution in [0.5, 0.6) is 0 Å². The van der Waals surface area contributed by atoms with Crippen molar-refractivity contribution in [1.82, 2.24) is 4.90 Å². The van der Waals surface area contributed by atoms with Crippen molar-refractivity contribution in [2.45, 2.75) is 48.7 Å². The average Bonchev–Trinajstić information content (AvgIpc) is 2.85. The summed E-state index contributed by atoms with van der Waals surface area (Å²) in [6, 6.07) is 18.5. The molecule has 3 aromatic rings. The molecule has 0 saturated heterocycles. The van der Waals surface area contributed by atoms with Crippen molar-refractivity contribution in [3.63, 3.8) is 0 Å². The lowest BCUT2D eigenvalue weighted by Crippen LogP contribution is -2.40. The van der Waals surface area contributed by atoms with E-state index in [-0.39, 0.29) is 28.4 Å². The molecule has 1 unspecified atom stereocenters. The molecule has 0 saturated carbocycles. The molecule has 0 heterocycles. The second kappa shape index (κ2) is 12.0. The highest BCUT2D eigenvalue weighted by atomic mass is 35.5. The topological polar surface area (TPSA) is 127 Å². The number of ether oxygens (including phenoxy) is 1. The zero-order valence-corrected chi connectivity index (χ0v) is 23.0. The van der Waals surface area contributed by atoms with Crippen LogP contribution in [0.3, 0.4) is 0 Å². The molecule has 8 nitrogen and oxygen atoms in total. The molecule has 0 aliphatic carbocycles. The Labute approximate surface area is 227 Å². The average molecular weight is 559 g/mol. The summed E-state index contributed by atoms with van der Waals surface area (Å²) in [5.74, 6) is -0.640. The van der Waals surface area contributed by atoms with E-state index in [1.54, 1.807) is 57.2 Å². The smallest absolute Gasteiger partial charge is 0.410 e. The van der Waals surface area contributed by atoms with Crippen molar-refractivity contribution >= 4 is 33.4 Å². The molecule has 0 bridgehead atoms. The standard InChI is InChI=1S/C28H31ClN2O6S/c1-28(2,3)37-27(34)31(18-25(32)21-5-4-6-22(29)17-21)16-15-19-7-11-23(12-8-19)38(35,36)24-13-9-20(10-14-24)26(30)33/h4-14,17,25,32H,15-16,18H2,1-3H3,(H2,30,33). The van der Waals surface area contributed by atoms with Crippen LogP contribution < -0.4 is 5.73 Å². The van der Waals surface area contributed by atoms with Crippen molar-refractivity contribution in [3.05, 3.63) is 94.5 Å². The number of primary amides is 1. The van der Waals surface area contributed by atoms with Crippen LogP contribution >= 0.6 is 11.6 Å². The van der Waals surface area contributed by atoms with Gasteiger partial charge in [0.15, 0.2) is 0 Å². The molecule has 1 atom stereocenters. The molecular formula is C28H31ClN2O6S. The summed E-state index contributed by atoms with van der Waals surface area (Å²) in [5.41, 5.74) is 6.08. The number of benzene rings is 3. The van der Waals surface area contributed by atoms with Crippen LogP contribution in [0.25, 0.3) is 0 Å². The highest BCUT2D eigenvalue weighted by Crippen LogP contribution is 2.23. The summed E-state index contributed by atoms with van der Waals surface area (Å²) in [6.07, 6.45) is -1.15. The van der Waals surface area contributed by atoms with E-state index in [1.165, 1.54) is 41.3 Å². The fraction of sp³-hybridized carbons (Fsp3) is 0.286. The molecule has 0 radical (unpaired) electrons. The number of nitrogens with zero attached hydrogens (tertiary/aromatic N) is 1. The van der Waals surface area contributed by atoms with Gasteiger partial charge in [-0.05, 0) is 86.8 Å². The predicted molar refractivity (Wildman–Crippen MR) is 145 cm³/mol. The monoisotopic (exact) mass is 558 g/mol. The van der Waals surface area contributed by atoms with E-state index in [9.17, 15) is 23.1 Å². The number of carbonyl (C=O) groups excluding carboxylic acids is 2. The number of carbonyl (C=O) groups is 2. The fourth-order valence-electron chi connectivity index (χ4n) is 3.65. The van der Waals surface area contributed by atoms with Crippen LogP contribution in [-0.4, -0.2) is 49.1 Å². The summed E-state index contributed by atoms with van der Waals surface area (Å²) in [6.45, 7) is 5.50. The Morgan fingerprint density at radius 3 is 2.11 bits per heavy atom. The molecule has 3 N–H and O–H groups in total. The van der Waals surface area contributed by atoms with Gasteiger partial charge in [-0.15, -0.1) is 0 Å². The van der Waals surface area contributed by atoms with Crippen molar-refractivity contribution in [1.29, 1.82) is 0 Å². The second-order valence-electron chi connectivity index (χ2n) is 9.78. The minimum Gasteiger partial charge on any atom is -0.444 e. The van der Waals surface area contributed by atoms with E-state index < -0.39 is 33.5 Å². The molecule has 202 valence electrons. The van der Waals surface area contributed by atoms with Gasteiger partial charge in [-0.25, -0.2) is 13.2 Å². The quantitative estimate of drug-likeness (QED) is 0.389. The van der Waals surface area contributed by atoms with E-state index in [2.05, 4.69) is 0 Å². The SMILES string of the molecule is CC(C)(C)OC(=O)N(CCc1ccc(S(=O)(=O)c2ccc(C(N)=O)cc2)cc1)CC(O)c1cccc(Cl)c1. The molecule has 0 spiro atoms. The highest BCUT2D eigenvalue weighted by Gasteiger charge is 2.25. The lowest BCUT2D eigenvalue weighted by atomic mass is 10.1. The van der Waals surface area contributed by atoms with Crippen LogP contribution in [0.4, 0.5) is 4.79 Å². The first kappa shape index (κ1) is 29.2. The van der Waals surface area contributed by atoms with Crippen LogP contribution in [0.15, 0.2) is 82.6 Å². The van der Waals surface area contributed by atoms with Gasteiger partial charge >= 0.3 is 6.09 Å². The van der Waals surface area contributed by atoms with Crippen molar-refractivity contribution in [2.75, 3.05) is 13.1 Å². The summed E-state index contributed by atoms with van der Waals surface area (Å²) < 4.78 is 31.5. The lowest BCUT2D eigenvalue weighted by molar-refractivity contribution is 0.0147. The van der Waals surface area contributed by atoms with Gasteiger partial charge in [0.05, 0.1) is 22.4 Å². The van der Waals surface area contributed by atoms with Crippen LogP contribution in [0, 0.1) is 0 Å². The van der Waals surface area contributed by atoms with Crippen molar-refractivity contribution < 1.29 is 27.9 Å². The molecule has 0 aliphatic rings. The molecule has 0 aliphatic heterocycles. The fourth-order valence-corrected chi connectivity index (χ4v) is 5.11. The number of rotatable bonds is 9. The molecule has 0 aromatic heterocycles. The number of aliphatic hydroxyl groups is 1. The first-order chi connectivity index (χ1) is 17.8. The van der Waals surface area contributed by atoms with E-state index in [1.807, 2.05) is 0 Å². The number of halogens is 1. The van der Waals surface area contributed by atoms with Gasteiger partial charge in [0.25, 0.3) is 0 Å².